The third kappa shape index (κ3) is 11.2. The van der Waals surface area contributed by atoms with Crippen molar-refractivity contribution in [3.05, 3.63) is 72.0 Å². The Morgan fingerprint density at radius 3 is 1.96 bits per heavy atom. The third-order valence-corrected chi connectivity index (χ3v) is 3.85. The maximum Gasteiger partial charge on any atom is 0.0345 e. The van der Waals surface area contributed by atoms with Crippen molar-refractivity contribution in [2.75, 3.05) is 0 Å². The largest absolute Gasteiger partial charge is 0.262 e. The summed E-state index contributed by atoms with van der Waals surface area (Å²) in [6.07, 6.45) is 7.97. The molecular weight excluding hydrogens is 326 g/mol. The number of benzene rings is 1. The number of aryl methyl sites for hydroxylation is 1. The fourth-order valence-electron chi connectivity index (χ4n) is 2.21. The van der Waals surface area contributed by atoms with Crippen molar-refractivity contribution in [2.24, 2.45) is 4.99 Å². The van der Waals surface area contributed by atoms with Crippen LogP contribution in [0.15, 0.2) is 60.3 Å². The lowest BCUT2D eigenvalue weighted by molar-refractivity contribution is 0.772. The van der Waals surface area contributed by atoms with Crippen LogP contribution < -0.4 is 0 Å². The Morgan fingerprint density at radius 2 is 1.59 bits per heavy atom. The molecule has 0 saturated carbocycles. The minimum absolute atomic E-state index is 0.794. The van der Waals surface area contributed by atoms with E-state index in [1.54, 1.807) is 0 Å². The quantitative estimate of drug-likeness (QED) is 0.337. The number of allylic oxidation sites excluding steroid dienone is 5. The molecule has 1 aromatic carbocycles. The molecule has 0 unspecified atom stereocenters. The monoisotopic (exact) mass is 367 g/mol. The van der Waals surface area contributed by atoms with Crippen molar-refractivity contribution < 1.29 is 0 Å². The summed E-state index contributed by atoms with van der Waals surface area (Å²) in [5.74, 6) is 0. The lowest BCUT2D eigenvalue weighted by Crippen LogP contribution is -1.93. The van der Waals surface area contributed by atoms with E-state index in [0.29, 0.717) is 0 Å². The van der Waals surface area contributed by atoms with Gasteiger partial charge in [-0.2, -0.15) is 0 Å². The predicted octanol–water partition coefficient (Wildman–Crippen LogP) is 8.81. The molecule has 1 nitrogen and oxygen atoms in total. The number of aliphatic imine (C=N–C) groups is 1. The van der Waals surface area contributed by atoms with E-state index in [1.165, 1.54) is 24.8 Å². The highest BCUT2D eigenvalue weighted by molar-refractivity contribution is 6.10. The molecular formula is C26H41N. The van der Waals surface area contributed by atoms with Gasteiger partial charge in [-0.15, -0.1) is 0 Å². The van der Waals surface area contributed by atoms with Gasteiger partial charge >= 0.3 is 0 Å². The molecule has 0 fully saturated rings. The standard InChI is InChI=1S/C19H23N.C5H12.C2H6/c1-8-17(12-20-14(4)5)18-10-9-15(6)19(11-18)16(7)13(2)3;1-3-5-4-2;1-2/h8-12H,2,4,7H2,1,3,5-6H3;3-5H2,1-2H3;1-2H3/b17-8+,20-12?;;. The van der Waals surface area contributed by atoms with E-state index in [9.17, 15) is 0 Å². The van der Waals surface area contributed by atoms with Gasteiger partial charge in [-0.3, -0.25) is 4.99 Å². The van der Waals surface area contributed by atoms with Gasteiger partial charge in [0, 0.05) is 11.9 Å². The Morgan fingerprint density at radius 1 is 1.04 bits per heavy atom. The molecule has 0 saturated heterocycles. The highest BCUT2D eigenvalue weighted by atomic mass is 14.7. The van der Waals surface area contributed by atoms with Crippen molar-refractivity contribution in [1.29, 1.82) is 0 Å². The zero-order chi connectivity index (χ0) is 21.4. The molecule has 27 heavy (non-hydrogen) atoms. The molecule has 1 heteroatoms. The van der Waals surface area contributed by atoms with E-state index >= 15 is 0 Å². The summed E-state index contributed by atoms with van der Waals surface area (Å²) < 4.78 is 0. The normalized spacial score (nSPS) is 10.4. The lowest BCUT2D eigenvalue weighted by Gasteiger charge is -2.12. The topological polar surface area (TPSA) is 12.4 Å². The van der Waals surface area contributed by atoms with Gasteiger partial charge in [0.05, 0.1) is 0 Å². The number of nitrogens with zero attached hydrogens (tertiary/aromatic N) is 1. The molecule has 1 rings (SSSR count). The van der Waals surface area contributed by atoms with Crippen LogP contribution in [0.25, 0.3) is 11.1 Å². The molecule has 150 valence electrons. The van der Waals surface area contributed by atoms with Crippen molar-refractivity contribution in [3.8, 4) is 0 Å². The van der Waals surface area contributed by atoms with Gasteiger partial charge in [0.2, 0.25) is 0 Å². The Balaban J connectivity index is 0. The molecule has 0 atom stereocenters. The first kappa shape index (κ1) is 27.1. The molecule has 0 amide bonds. The fraction of sp³-hybridized carbons (Fsp3) is 0.423. The minimum atomic E-state index is 0.794. The van der Waals surface area contributed by atoms with E-state index in [2.05, 4.69) is 63.7 Å². The maximum absolute atomic E-state index is 4.28. The van der Waals surface area contributed by atoms with Crippen LogP contribution in [0.3, 0.4) is 0 Å². The summed E-state index contributed by atoms with van der Waals surface area (Å²) in [4.78, 5) is 4.28. The second-order valence-corrected chi connectivity index (χ2v) is 6.38. The highest BCUT2D eigenvalue weighted by Crippen LogP contribution is 2.26. The summed E-state index contributed by atoms with van der Waals surface area (Å²) in [7, 11) is 0. The van der Waals surface area contributed by atoms with Crippen LogP contribution >= 0.6 is 0 Å². The zero-order valence-corrected chi connectivity index (χ0v) is 19.1. The molecule has 0 aliphatic carbocycles. The van der Waals surface area contributed by atoms with E-state index in [0.717, 1.165) is 33.5 Å². The molecule has 0 N–H and O–H groups in total. The van der Waals surface area contributed by atoms with Crippen LogP contribution in [-0.4, -0.2) is 6.21 Å². The second kappa shape index (κ2) is 16.1. The van der Waals surface area contributed by atoms with Crippen molar-refractivity contribution >= 4 is 17.4 Å². The third-order valence-electron chi connectivity index (χ3n) is 3.85. The van der Waals surface area contributed by atoms with Gasteiger partial charge < -0.3 is 0 Å². The van der Waals surface area contributed by atoms with Gasteiger partial charge in [0.25, 0.3) is 0 Å². The van der Waals surface area contributed by atoms with E-state index in [-0.39, 0.29) is 0 Å². The Kier molecular flexibility index (Phi) is 16.1. The van der Waals surface area contributed by atoms with Crippen LogP contribution in [0.5, 0.6) is 0 Å². The SMILES string of the molecule is C=C(C)N=C/C(=C\C)c1ccc(C)c(C(=C)C(=C)C)c1.CC.CCCCC. The summed E-state index contributed by atoms with van der Waals surface area (Å²) in [6, 6.07) is 6.35. The lowest BCUT2D eigenvalue weighted by atomic mass is 9.93. The second-order valence-electron chi connectivity index (χ2n) is 6.38. The van der Waals surface area contributed by atoms with Gasteiger partial charge in [0.1, 0.15) is 0 Å². The number of unbranched alkanes of at least 4 members (excludes halogenated alkanes) is 2. The summed E-state index contributed by atoms with van der Waals surface area (Å²) in [5.41, 5.74) is 7.30. The summed E-state index contributed by atoms with van der Waals surface area (Å²) >= 11 is 0. The average Bonchev–Trinajstić information content (AvgIpc) is 2.65. The molecule has 0 radical (unpaired) electrons. The molecule has 0 bridgehead atoms. The minimum Gasteiger partial charge on any atom is -0.262 e. The van der Waals surface area contributed by atoms with Crippen LogP contribution in [0.4, 0.5) is 0 Å². The highest BCUT2D eigenvalue weighted by Gasteiger charge is 2.07. The van der Waals surface area contributed by atoms with E-state index in [4.69, 9.17) is 0 Å². The summed E-state index contributed by atoms with van der Waals surface area (Å²) in [6.45, 7) is 28.3. The number of hydrogen-bond donors (Lipinski definition) is 0. The van der Waals surface area contributed by atoms with Crippen LogP contribution in [-0.2, 0) is 0 Å². The average molecular weight is 368 g/mol. The zero-order valence-electron chi connectivity index (χ0n) is 19.1. The molecule has 0 aromatic heterocycles. The fourth-order valence-corrected chi connectivity index (χ4v) is 2.21. The van der Waals surface area contributed by atoms with Crippen LogP contribution in [0.1, 0.15) is 84.4 Å². The Labute approximate surface area is 169 Å². The van der Waals surface area contributed by atoms with E-state index < -0.39 is 0 Å². The molecule has 0 spiro atoms. The molecule has 0 aliphatic heterocycles. The number of hydrogen-bond acceptors (Lipinski definition) is 1. The van der Waals surface area contributed by atoms with Crippen LogP contribution in [0.2, 0.25) is 0 Å². The van der Waals surface area contributed by atoms with Gasteiger partial charge in [0.15, 0.2) is 0 Å². The van der Waals surface area contributed by atoms with Crippen molar-refractivity contribution in [3.63, 3.8) is 0 Å². The van der Waals surface area contributed by atoms with Crippen LogP contribution in [0, 0.1) is 6.92 Å². The predicted molar refractivity (Wildman–Crippen MR) is 129 cm³/mol. The van der Waals surface area contributed by atoms with Gasteiger partial charge in [-0.05, 0) is 61.6 Å². The van der Waals surface area contributed by atoms with Crippen molar-refractivity contribution in [2.45, 2.75) is 74.7 Å². The first-order valence-corrected chi connectivity index (χ1v) is 10.1. The van der Waals surface area contributed by atoms with Gasteiger partial charge in [-0.1, -0.05) is 90.5 Å². The van der Waals surface area contributed by atoms with Crippen molar-refractivity contribution in [1.82, 2.24) is 0 Å². The molecule has 1 aromatic rings. The first-order chi connectivity index (χ1) is 12.8. The first-order valence-electron chi connectivity index (χ1n) is 10.1. The maximum atomic E-state index is 4.28. The van der Waals surface area contributed by atoms with Gasteiger partial charge in [-0.25, -0.2) is 0 Å². The Bertz CT molecular complexity index is 655. The number of rotatable bonds is 7. The summed E-state index contributed by atoms with van der Waals surface area (Å²) in [5, 5.41) is 0. The smallest absolute Gasteiger partial charge is 0.0345 e. The molecule has 0 heterocycles. The van der Waals surface area contributed by atoms with E-state index in [1.807, 2.05) is 46.9 Å². The Hall–Kier alpha value is -2.15. The molecule has 0 aliphatic rings.